The molecule has 2 saturated heterocycles. The van der Waals surface area contributed by atoms with E-state index in [2.05, 4.69) is 57.4 Å². The van der Waals surface area contributed by atoms with Crippen molar-refractivity contribution < 1.29 is 36.1 Å². The molecule has 11 rings (SSSR count). The van der Waals surface area contributed by atoms with E-state index in [1.807, 2.05) is 51.1 Å². The Bertz CT molecular complexity index is 4090. The molecule has 25 heteroatoms. The maximum Gasteiger partial charge on any atom is 0.410 e. The van der Waals surface area contributed by atoms with Crippen LogP contribution < -0.4 is 10.6 Å². The number of benzene rings is 4. The van der Waals surface area contributed by atoms with E-state index in [-0.39, 0.29) is 45.3 Å². The molecule has 7 heterocycles. The van der Waals surface area contributed by atoms with E-state index in [1.54, 1.807) is 113 Å². The zero-order chi connectivity index (χ0) is 57.9. The third kappa shape index (κ3) is 12.4. The van der Waals surface area contributed by atoms with Gasteiger partial charge in [0.05, 0.1) is 46.1 Å². The average molecular weight is 1280 g/mol. The predicted octanol–water partition coefficient (Wildman–Crippen LogP) is 11.0. The molecule has 0 saturated carbocycles. The number of anilines is 2. The first-order valence-electron chi connectivity index (χ1n) is 26.0. The second-order valence-corrected chi connectivity index (χ2v) is 25.8. The van der Waals surface area contributed by atoms with Crippen molar-refractivity contribution in [3.63, 3.8) is 0 Å². The molecular weight excluding hydrogens is 1220 g/mol. The SMILES string of the molecule is CC(C)(C)OC(=O)N1CCC[C@@H](Nc2ncc(Br)c(-c3cn(S(=O)(=O)c4ccccc4)c4ccccc34)n2)C1.O=C(c1ccc([N+](=O)[O-])cn1)N1CCC[C@@H](Nc2ncc(Br)c(-c3cn(S(=O)(=O)c4ccccc4)c4ccccc34)n2)C1. The maximum absolute atomic E-state index is 13.6. The summed E-state index contributed by atoms with van der Waals surface area (Å²) < 4.78 is 63.6. The number of carbonyl (C=O) groups is 2. The van der Waals surface area contributed by atoms with Crippen molar-refractivity contribution in [3.8, 4) is 22.5 Å². The van der Waals surface area contributed by atoms with Crippen molar-refractivity contribution in [1.29, 1.82) is 0 Å². The zero-order valence-electron chi connectivity index (χ0n) is 44.5. The van der Waals surface area contributed by atoms with Gasteiger partial charge in [-0.3, -0.25) is 14.9 Å². The fourth-order valence-electron chi connectivity index (χ4n) is 9.75. The molecule has 0 radical (unpaired) electrons. The molecule has 4 aromatic carbocycles. The van der Waals surface area contributed by atoms with E-state index < -0.39 is 30.6 Å². The Labute approximate surface area is 489 Å². The summed E-state index contributed by atoms with van der Waals surface area (Å²) in [4.78, 5) is 62.1. The van der Waals surface area contributed by atoms with E-state index >= 15 is 0 Å². The van der Waals surface area contributed by atoms with E-state index in [1.165, 1.54) is 20.1 Å². The van der Waals surface area contributed by atoms with Gasteiger partial charge in [0.25, 0.3) is 31.6 Å². The standard InChI is InChI=1S/C29H24BrN7O5S.C28H30BrN5O4S/c30-24-16-32-29(33-19-7-6-14-35(17-19)28(38)25-13-12-20(15-31-25)37(39)40)34-27(24)23-18-36(26-11-5-4-10-22(23)26)43(41,42)21-8-2-1-3-9-21;1-28(2,3)38-27(35)33-15-9-10-19(17-33)31-26-30-16-23(29)25(32-26)22-18-34(24-14-8-7-13-21(22)24)39(36,37)20-11-5-4-6-12-20/h1-5,8-13,15-16,18-19H,6-7,14,17H2,(H,32,33,34);4-8,11-14,16,18-19H,9-10,15,17H2,1-3H3,(H,30,31,32)/t2*19-/m11/s1. The summed E-state index contributed by atoms with van der Waals surface area (Å²) >= 11 is 7.10. The van der Waals surface area contributed by atoms with E-state index in [4.69, 9.17) is 14.7 Å². The lowest BCUT2D eigenvalue weighted by molar-refractivity contribution is -0.385. The molecule has 5 aromatic heterocycles. The Kier molecular flexibility index (Phi) is 16.5. The van der Waals surface area contributed by atoms with Gasteiger partial charge in [0.1, 0.15) is 17.5 Å². The molecule has 9 aromatic rings. The molecule has 0 aliphatic carbocycles. The van der Waals surface area contributed by atoms with Gasteiger partial charge >= 0.3 is 6.09 Å². The number of hydrogen-bond acceptors (Lipinski definition) is 16. The Morgan fingerprint density at radius 3 is 1.52 bits per heavy atom. The summed E-state index contributed by atoms with van der Waals surface area (Å²) in [6, 6.07) is 33.5. The van der Waals surface area contributed by atoms with Gasteiger partial charge in [-0.05, 0) is 121 Å². The zero-order valence-corrected chi connectivity index (χ0v) is 49.3. The van der Waals surface area contributed by atoms with Crippen LogP contribution in [0.4, 0.5) is 22.4 Å². The normalized spacial score (nSPS) is 15.8. The lowest BCUT2D eigenvalue weighted by atomic mass is 10.1. The third-order valence-corrected chi connectivity index (χ3v) is 18.1. The Morgan fingerprint density at radius 2 is 1.07 bits per heavy atom. The quantitative estimate of drug-likeness (QED) is 0.0851. The predicted molar refractivity (Wildman–Crippen MR) is 317 cm³/mol. The van der Waals surface area contributed by atoms with Crippen molar-refractivity contribution in [2.75, 3.05) is 36.8 Å². The molecule has 422 valence electrons. The van der Waals surface area contributed by atoms with Crippen LogP contribution in [-0.4, -0.2) is 120 Å². The number of piperidine rings is 2. The number of likely N-dealkylation sites (tertiary alicyclic amines) is 2. The van der Waals surface area contributed by atoms with Gasteiger partial charge < -0.3 is 25.2 Å². The molecule has 2 N–H and O–H groups in total. The first-order valence-corrected chi connectivity index (χ1v) is 30.5. The summed E-state index contributed by atoms with van der Waals surface area (Å²) in [6.07, 6.45) is 10.3. The number of carbonyl (C=O) groups excluding carboxylic acids is 2. The van der Waals surface area contributed by atoms with Crippen LogP contribution in [0.5, 0.6) is 0 Å². The number of nitrogens with one attached hydrogen (secondary N) is 2. The lowest BCUT2D eigenvalue weighted by Gasteiger charge is -2.34. The molecule has 2 amide bonds. The van der Waals surface area contributed by atoms with Crippen LogP contribution in [0.25, 0.3) is 44.3 Å². The highest BCUT2D eigenvalue weighted by molar-refractivity contribution is 9.11. The van der Waals surface area contributed by atoms with Crippen LogP contribution in [0.1, 0.15) is 56.9 Å². The molecule has 0 bridgehead atoms. The number of aromatic nitrogens is 7. The number of nitrogens with zero attached hydrogens (tertiary/aromatic N) is 10. The van der Waals surface area contributed by atoms with Gasteiger partial charge in [-0.2, -0.15) is 0 Å². The second-order valence-electron chi connectivity index (χ2n) is 20.4. The average Bonchev–Trinajstić information content (AvgIpc) is 3.72. The topological polar surface area (TPSA) is 260 Å². The summed E-state index contributed by atoms with van der Waals surface area (Å²) in [5, 5.41) is 19.1. The van der Waals surface area contributed by atoms with Crippen molar-refractivity contribution >= 4 is 103 Å². The van der Waals surface area contributed by atoms with Gasteiger partial charge in [-0.25, -0.2) is 54.5 Å². The number of halogens is 2. The minimum atomic E-state index is -3.88. The lowest BCUT2D eigenvalue weighted by Crippen LogP contribution is -2.47. The van der Waals surface area contributed by atoms with E-state index in [0.717, 1.165) is 37.3 Å². The molecule has 82 heavy (non-hydrogen) atoms. The molecule has 2 fully saturated rings. The second kappa shape index (κ2) is 23.8. The number of pyridine rings is 1. The van der Waals surface area contributed by atoms with Crippen LogP contribution in [0, 0.1) is 10.1 Å². The minimum Gasteiger partial charge on any atom is -0.444 e. The maximum atomic E-state index is 13.6. The smallest absolute Gasteiger partial charge is 0.410 e. The molecule has 2 aliphatic heterocycles. The highest BCUT2D eigenvalue weighted by Gasteiger charge is 2.31. The number of nitro groups is 1. The van der Waals surface area contributed by atoms with Gasteiger partial charge in [-0.15, -0.1) is 0 Å². The van der Waals surface area contributed by atoms with Crippen LogP contribution >= 0.6 is 31.9 Å². The fraction of sp³-hybridized carbons (Fsp3) is 0.246. The summed E-state index contributed by atoms with van der Waals surface area (Å²) in [7, 11) is -7.71. The van der Waals surface area contributed by atoms with Crippen molar-refractivity contribution in [1.82, 2.24) is 42.7 Å². The monoisotopic (exact) mass is 1270 g/mol. The largest absolute Gasteiger partial charge is 0.444 e. The number of fused-ring (bicyclic) bond motifs is 2. The van der Waals surface area contributed by atoms with Gasteiger partial charge in [0.15, 0.2) is 0 Å². The number of rotatable bonds is 12. The van der Waals surface area contributed by atoms with Crippen molar-refractivity contribution in [2.45, 2.75) is 73.9 Å². The number of para-hydroxylation sites is 2. The molecular formula is C57H54Br2N12O9S2. The van der Waals surface area contributed by atoms with Gasteiger partial charge in [-0.1, -0.05) is 72.8 Å². The van der Waals surface area contributed by atoms with Gasteiger partial charge in [0.2, 0.25) is 11.9 Å². The summed E-state index contributed by atoms with van der Waals surface area (Å²) in [5.74, 6) is 0.409. The molecule has 0 spiro atoms. The summed E-state index contributed by atoms with van der Waals surface area (Å²) in [5.41, 5.74) is 2.79. The Balaban J connectivity index is 0.000000185. The number of hydrogen-bond donors (Lipinski definition) is 2. The van der Waals surface area contributed by atoms with Crippen molar-refractivity contribution in [3.05, 3.63) is 177 Å². The number of ether oxygens (including phenoxy) is 1. The van der Waals surface area contributed by atoms with Crippen LogP contribution in [0.2, 0.25) is 0 Å². The molecule has 0 unspecified atom stereocenters. The third-order valence-electron chi connectivity index (χ3n) is 13.6. The minimum absolute atomic E-state index is 0.0555. The summed E-state index contributed by atoms with van der Waals surface area (Å²) in [6.45, 7) is 7.54. The van der Waals surface area contributed by atoms with Crippen LogP contribution in [0.3, 0.4) is 0 Å². The van der Waals surface area contributed by atoms with E-state index in [9.17, 15) is 36.5 Å². The van der Waals surface area contributed by atoms with Gasteiger partial charge in [0, 0.05) is 91.0 Å². The Hall–Kier alpha value is -8.13. The highest BCUT2D eigenvalue weighted by Crippen LogP contribution is 2.38. The molecule has 2 aliphatic rings. The molecule has 21 nitrogen and oxygen atoms in total. The van der Waals surface area contributed by atoms with Crippen LogP contribution in [-0.2, 0) is 24.8 Å². The first kappa shape index (κ1) is 57.1. The first-order chi connectivity index (χ1) is 39.2. The van der Waals surface area contributed by atoms with E-state index in [0.29, 0.717) is 86.0 Å². The fourth-order valence-corrected chi connectivity index (χ4v) is 13.3. The molecule has 2 atom stereocenters. The highest BCUT2D eigenvalue weighted by atomic mass is 79.9. The number of amides is 2. The van der Waals surface area contributed by atoms with Crippen LogP contribution in [0.15, 0.2) is 171 Å². The Morgan fingerprint density at radius 1 is 0.622 bits per heavy atom. The van der Waals surface area contributed by atoms with Crippen molar-refractivity contribution in [2.24, 2.45) is 0 Å².